The zero-order valence-electron chi connectivity index (χ0n) is 9.92. The van der Waals surface area contributed by atoms with Gasteiger partial charge in [0, 0.05) is 24.4 Å². The summed E-state index contributed by atoms with van der Waals surface area (Å²) < 4.78 is 5.72. The molecule has 84 valence electrons. The Morgan fingerprint density at radius 3 is 2.87 bits per heavy atom. The fraction of sp³-hybridized carbons (Fsp3) is 0.692. The largest absolute Gasteiger partial charge is 0.373 e. The monoisotopic (exact) mass is 207 g/mol. The van der Waals surface area contributed by atoms with Gasteiger partial charge in [0.1, 0.15) is 0 Å². The predicted octanol–water partition coefficient (Wildman–Crippen LogP) is 2.13. The summed E-state index contributed by atoms with van der Waals surface area (Å²) in [5.74, 6) is 1.14. The van der Waals surface area contributed by atoms with E-state index >= 15 is 0 Å². The van der Waals surface area contributed by atoms with Crippen LogP contribution in [-0.2, 0) is 4.74 Å². The first-order valence-corrected chi connectivity index (χ1v) is 5.83. The van der Waals surface area contributed by atoms with Gasteiger partial charge in [-0.15, -0.1) is 0 Å². The van der Waals surface area contributed by atoms with E-state index in [4.69, 9.17) is 4.74 Å². The Balaban J connectivity index is 2.18. The Morgan fingerprint density at radius 2 is 2.20 bits per heavy atom. The number of hydrogen-bond acceptors (Lipinski definition) is 2. The van der Waals surface area contributed by atoms with Crippen LogP contribution in [-0.4, -0.2) is 25.3 Å². The fourth-order valence-corrected chi connectivity index (χ4v) is 2.73. The summed E-state index contributed by atoms with van der Waals surface area (Å²) in [6, 6.07) is 0.533. The second-order valence-corrected chi connectivity index (χ2v) is 4.79. The van der Waals surface area contributed by atoms with Gasteiger partial charge in [0.05, 0.1) is 12.7 Å². The van der Waals surface area contributed by atoms with Crippen molar-refractivity contribution in [1.29, 1.82) is 0 Å². The molecule has 0 radical (unpaired) electrons. The van der Waals surface area contributed by atoms with Gasteiger partial charge in [0.25, 0.3) is 0 Å². The van der Waals surface area contributed by atoms with Crippen molar-refractivity contribution < 1.29 is 4.74 Å². The van der Waals surface area contributed by atoms with Gasteiger partial charge in [-0.05, 0) is 26.3 Å². The van der Waals surface area contributed by atoms with E-state index in [2.05, 4.69) is 38.7 Å². The molecule has 2 rings (SSSR count). The van der Waals surface area contributed by atoms with Gasteiger partial charge in [-0.3, -0.25) is 0 Å². The maximum atomic E-state index is 5.72. The number of fused-ring (bicyclic) bond motifs is 1. The summed E-state index contributed by atoms with van der Waals surface area (Å²) in [7, 11) is 0. The predicted molar refractivity (Wildman–Crippen MR) is 62.8 cm³/mol. The zero-order chi connectivity index (χ0) is 11.0. The van der Waals surface area contributed by atoms with Gasteiger partial charge < -0.3 is 10.1 Å². The Labute approximate surface area is 92.4 Å². The molecule has 1 N–H and O–H groups in total. The topological polar surface area (TPSA) is 21.3 Å². The van der Waals surface area contributed by atoms with Gasteiger partial charge in [-0.25, -0.2) is 0 Å². The minimum atomic E-state index is 0.189. The van der Waals surface area contributed by atoms with E-state index < -0.39 is 0 Å². The highest BCUT2D eigenvalue weighted by molar-refractivity contribution is 5.32. The lowest BCUT2D eigenvalue weighted by molar-refractivity contribution is 0.0894. The van der Waals surface area contributed by atoms with Gasteiger partial charge in [-0.2, -0.15) is 0 Å². The van der Waals surface area contributed by atoms with Crippen molar-refractivity contribution in [3.8, 4) is 0 Å². The van der Waals surface area contributed by atoms with E-state index in [9.17, 15) is 0 Å². The molecule has 0 saturated carbocycles. The second-order valence-electron chi connectivity index (χ2n) is 4.79. The van der Waals surface area contributed by atoms with Gasteiger partial charge >= 0.3 is 0 Å². The molecule has 2 nitrogen and oxygen atoms in total. The van der Waals surface area contributed by atoms with Crippen LogP contribution in [0.25, 0.3) is 0 Å². The summed E-state index contributed by atoms with van der Waals surface area (Å²) >= 11 is 0. The van der Waals surface area contributed by atoms with E-state index in [-0.39, 0.29) is 6.10 Å². The smallest absolute Gasteiger partial charge is 0.0760 e. The summed E-state index contributed by atoms with van der Waals surface area (Å²) in [6.07, 6.45) is 2.52. The third-order valence-electron chi connectivity index (χ3n) is 3.78. The highest BCUT2D eigenvalue weighted by atomic mass is 16.5. The maximum absolute atomic E-state index is 5.72. The minimum Gasteiger partial charge on any atom is -0.373 e. The summed E-state index contributed by atoms with van der Waals surface area (Å²) in [6.45, 7) is 12.5. The Hall–Kier alpha value is -0.600. The molecule has 4 atom stereocenters. The molecule has 1 aliphatic carbocycles. The first-order chi connectivity index (χ1) is 7.11. The summed E-state index contributed by atoms with van der Waals surface area (Å²) in [5, 5.41) is 3.52. The molecule has 0 aromatic rings. The van der Waals surface area contributed by atoms with E-state index in [1.54, 1.807) is 0 Å². The Bertz CT molecular complexity index is 295. The van der Waals surface area contributed by atoms with Crippen molar-refractivity contribution in [2.24, 2.45) is 11.8 Å². The molecule has 1 saturated heterocycles. The van der Waals surface area contributed by atoms with E-state index in [1.807, 2.05) is 0 Å². The lowest BCUT2D eigenvalue weighted by Crippen LogP contribution is -2.42. The number of nitrogens with one attached hydrogen (secondary N) is 1. The maximum Gasteiger partial charge on any atom is 0.0760 e. The average Bonchev–Trinajstić information content (AvgIpc) is 2.21. The number of hydrogen-bond donors (Lipinski definition) is 1. The fourth-order valence-electron chi connectivity index (χ4n) is 2.73. The van der Waals surface area contributed by atoms with Crippen molar-refractivity contribution in [2.45, 2.75) is 32.9 Å². The molecule has 0 bridgehead atoms. The van der Waals surface area contributed by atoms with Crippen molar-refractivity contribution >= 4 is 0 Å². The normalized spacial score (nSPS) is 41.8. The van der Waals surface area contributed by atoms with Crippen LogP contribution in [0.15, 0.2) is 23.8 Å². The summed E-state index contributed by atoms with van der Waals surface area (Å²) in [5.41, 5.74) is 2.73. The molecule has 2 unspecified atom stereocenters. The van der Waals surface area contributed by atoms with E-state index in [1.165, 1.54) is 11.1 Å². The van der Waals surface area contributed by atoms with Crippen molar-refractivity contribution in [2.75, 3.05) is 13.2 Å². The van der Waals surface area contributed by atoms with Crippen LogP contribution >= 0.6 is 0 Å². The van der Waals surface area contributed by atoms with E-state index in [0.29, 0.717) is 17.9 Å². The van der Waals surface area contributed by atoms with Gasteiger partial charge in [0.15, 0.2) is 0 Å². The van der Waals surface area contributed by atoms with Crippen molar-refractivity contribution in [3.63, 3.8) is 0 Å². The van der Waals surface area contributed by atoms with Crippen LogP contribution in [0.4, 0.5) is 0 Å². The zero-order valence-corrected chi connectivity index (χ0v) is 9.92. The molecule has 0 amide bonds. The molecule has 0 spiro atoms. The minimum absolute atomic E-state index is 0.189. The van der Waals surface area contributed by atoms with Gasteiger partial charge in [-0.1, -0.05) is 18.2 Å². The highest BCUT2D eigenvalue weighted by Crippen LogP contribution is 2.41. The van der Waals surface area contributed by atoms with Crippen LogP contribution in [0, 0.1) is 11.8 Å². The Morgan fingerprint density at radius 1 is 1.47 bits per heavy atom. The average molecular weight is 207 g/mol. The van der Waals surface area contributed by atoms with Crippen LogP contribution in [0.3, 0.4) is 0 Å². The molecule has 1 heterocycles. The van der Waals surface area contributed by atoms with Crippen LogP contribution < -0.4 is 5.32 Å². The molecule has 0 aromatic heterocycles. The van der Waals surface area contributed by atoms with E-state index in [0.717, 1.165) is 13.2 Å². The number of allylic oxidation sites excluding steroid dienone is 1. The van der Waals surface area contributed by atoms with Gasteiger partial charge in [0.2, 0.25) is 0 Å². The molecular formula is C13H21NO. The standard InChI is InChI=1S/C13H21NO/c1-8-7-12-9(2)11(4)15-6-5-14-10(3)13(8)12/h7,10-14H,2,5-6H2,1,3-4H3/t10-,11+,12?,13?/m1/s1. The lowest BCUT2D eigenvalue weighted by atomic mass is 9.67. The van der Waals surface area contributed by atoms with Crippen molar-refractivity contribution in [1.82, 2.24) is 5.32 Å². The third kappa shape index (κ3) is 1.88. The Kier molecular flexibility index (Phi) is 2.98. The lowest BCUT2D eigenvalue weighted by Gasteiger charge is -2.40. The number of ether oxygens (including phenoxy) is 1. The van der Waals surface area contributed by atoms with Crippen LogP contribution in [0.1, 0.15) is 20.8 Å². The van der Waals surface area contributed by atoms with Crippen molar-refractivity contribution in [3.05, 3.63) is 23.8 Å². The first kappa shape index (κ1) is 10.9. The molecule has 0 aromatic carbocycles. The SMILES string of the molecule is C=C1C2C=C(C)C2[C@@H](C)NCCO[C@H]1C. The second kappa shape index (κ2) is 4.11. The molecular weight excluding hydrogens is 186 g/mol. The third-order valence-corrected chi connectivity index (χ3v) is 3.78. The molecule has 2 aliphatic rings. The molecule has 2 heteroatoms. The van der Waals surface area contributed by atoms with Crippen LogP contribution in [0.5, 0.6) is 0 Å². The van der Waals surface area contributed by atoms with Crippen LogP contribution in [0.2, 0.25) is 0 Å². The summed E-state index contributed by atoms with van der Waals surface area (Å²) in [4.78, 5) is 0. The molecule has 1 aliphatic heterocycles. The quantitative estimate of drug-likeness (QED) is 0.614. The first-order valence-electron chi connectivity index (χ1n) is 5.83. The molecule has 15 heavy (non-hydrogen) atoms. The highest BCUT2D eigenvalue weighted by Gasteiger charge is 2.37. The number of rotatable bonds is 0. The molecule has 1 fully saturated rings.